The molecule has 0 unspecified atom stereocenters. The van der Waals surface area contributed by atoms with Gasteiger partial charge in [0.25, 0.3) is 35.4 Å². The fourth-order valence-electron chi connectivity index (χ4n) is 6.58. The number of rotatable bonds is 24. The minimum absolute atomic E-state index is 0.125. The second-order valence-corrected chi connectivity index (χ2v) is 15.8. The van der Waals surface area contributed by atoms with Gasteiger partial charge in [-0.05, 0) is 58.2 Å². The first-order chi connectivity index (χ1) is 30.2. The fraction of sp³-hybridized carbons (Fsp3) is 0.571. The van der Waals surface area contributed by atoms with Crippen molar-refractivity contribution in [3.05, 3.63) is 34.2 Å². The summed E-state index contributed by atoms with van der Waals surface area (Å²) >= 11 is 0. The first kappa shape index (κ1) is 49.6. The second-order valence-electron chi connectivity index (χ2n) is 15.8. The molecule has 9 N–H and O–H groups in total. The molecule has 3 aromatic heterocycles. The third-order valence-corrected chi connectivity index (χ3v) is 10.1. The highest BCUT2D eigenvalue weighted by Crippen LogP contribution is 2.32. The van der Waals surface area contributed by atoms with Crippen molar-refractivity contribution >= 4 is 68.5 Å². The topological polar surface area (TPSA) is 304 Å². The number of nitrogens with zero attached hydrogens (tertiary/aromatic N) is 9. The van der Waals surface area contributed by atoms with Crippen molar-refractivity contribution in [2.45, 2.75) is 77.0 Å². The molecule has 0 spiro atoms. The number of nitrogens with two attached hydrogens (primary N) is 3. The Hall–Kier alpha value is -6.06. The zero-order chi connectivity index (χ0) is 46.2. The van der Waals surface area contributed by atoms with Gasteiger partial charge < -0.3 is 47.9 Å². The zero-order valence-corrected chi connectivity index (χ0v) is 37.4. The highest BCUT2D eigenvalue weighted by atomic mass is 16.2. The molecule has 0 saturated carbocycles. The van der Waals surface area contributed by atoms with Crippen LogP contribution in [0.2, 0.25) is 0 Å². The van der Waals surface area contributed by atoms with Crippen molar-refractivity contribution in [2.75, 3.05) is 81.6 Å². The van der Waals surface area contributed by atoms with Gasteiger partial charge >= 0.3 is 0 Å². The smallest absolute Gasteiger partial charge is 0.274 e. The molecule has 0 aliphatic carbocycles. The summed E-state index contributed by atoms with van der Waals surface area (Å²) < 4.78 is 0. The minimum Gasteiger partial charge on any atom is -0.351 e. The molecule has 3 heterocycles. The Kier molecular flexibility index (Phi) is 18.9. The highest BCUT2D eigenvalue weighted by molar-refractivity contribution is 6.22. The van der Waals surface area contributed by atoms with E-state index in [1.165, 1.54) is 57.0 Å². The van der Waals surface area contributed by atoms with Crippen LogP contribution in [0.25, 0.3) is 33.1 Å². The van der Waals surface area contributed by atoms with Crippen LogP contribution in [0, 0.1) is 0 Å². The standard InChI is InChI=1S/C42H63N15O6/c1-55(2)40(61)34-31(37(58)46-22-16-10-7-13-19-43)49-25-28(52-34)26-30(54-35(41(62)56(3)4)32(50-26)38(59)47-23-17-11-8-14-20-44)27-29(25)53-36(42(63)57(5)6)33(51-27)39(60)48-24-18-12-9-15-21-45/h7-24,43-45H2,1-6H3,(H,46,58)(H,47,59)(H,48,60). The number of hydrogen-bond donors (Lipinski definition) is 6. The predicted octanol–water partition coefficient (Wildman–Crippen LogP) is 1.37. The fourth-order valence-corrected chi connectivity index (χ4v) is 6.58. The number of aromatic nitrogens is 6. The van der Waals surface area contributed by atoms with E-state index in [-0.39, 0.29) is 86.9 Å². The molecule has 0 aliphatic rings. The van der Waals surface area contributed by atoms with Gasteiger partial charge in [0.05, 0.1) is 0 Å². The molecule has 63 heavy (non-hydrogen) atoms. The Bertz CT molecular complexity index is 2020. The van der Waals surface area contributed by atoms with Gasteiger partial charge in [0.1, 0.15) is 33.1 Å². The largest absolute Gasteiger partial charge is 0.351 e. The minimum atomic E-state index is -0.703. The molecule has 0 aliphatic heterocycles. The zero-order valence-electron chi connectivity index (χ0n) is 37.4. The lowest BCUT2D eigenvalue weighted by molar-refractivity contribution is 0.0808. The van der Waals surface area contributed by atoms with Crippen LogP contribution >= 0.6 is 0 Å². The number of fused-ring (bicyclic) bond motifs is 6. The van der Waals surface area contributed by atoms with E-state index in [4.69, 9.17) is 47.1 Å². The van der Waals surface area contributed by atoms with Gasteiger partial charge in [0, 0.05) is 61.9 Å². The molecule has 342 valence electrons. The van der Waals surface area contributed by atoms with E-state index in [1.54, 1.807) is 0 Å². The Morgan fingerprint density at radius 3 is 0.762 bits per heavy atom. The number of carbonyl (C=O) groups is 6. The van der Waals surface area contributed by atoms with E-state index in [0.717, 1.165) is 57.8 Å². The molecule has 0 atom stereocenters. The number of hydrogen-bond acceptors (Lipinski definition) is 15. The van der Waals surface area contributed by atoms with Crippen LogP contribution in [0.15, 0.2) is 0 Å². The van der Waals surface area contributed by atoms with E-state index >= 15 is 0 Å². The maximum atomic E-state index is 13.9. The maximum Gasteiger partial charge on any atom is 0.274 e. The quantitative estimate of drug-likeness (QED) is 0.0428. The van der Waals surface area contributed by atoms with Gasteiger partial charge in [0.2, 0.25) is 0 Å². The number of unbranched alkanes of at least 4 members (excludes halogenated alkanes) is 9. The number of nitrogens with one attached hydrogen (secondary N) is 3. The van der Waals surface area contributed by atoms with E-state index in [1.807, 2.05) is 0 Å². The van der Waals surface area contributed by atoms with E-state index in [9.17, 15) is 28.8 Å². The summed E-state index contributed by atoms with van der Waals surface area (Å²) in [6, 6.07) is 0. The Labute approximate surface area is 367 Å². The lowest BCUT2D eigenvalue weighted by Crippen LogP contribution is -2.33. The summed E-state index contributed by atoms with van der Waals surface area (Å²) in [5, 5.41) is 8.48. The van der Waals surface area contributed by atoms with Gasteiger partial charge in [0.15, 0.2) is 34.2 Å². The number of benzene rings is 1. The van der Waals surface area contributed by atoms with E-state index < -0.39 is 35.4 Å². The third-order valence-electron chi connectivity index (χ3n) is 10.1. The molecule has 6 amide bonds. The summed E-state index contributed by atoms with van der Waals surface area (Å²) in [6.45, 7) is 2.48. The highest BCUT2D eigenvalue weighted by Gasteiger charge is 2.32. The summed E-state index contributed by atoms with van der Waals surface area (Å²) in [4.78, 5) is 115. The second kappa shape index (κ2) is 24.0. The molecule has 0 saturated heterocycles. The number of amides is 6. The molecule has 4 rings (SSSR count). The lowest BCUT2D eigenvalue weighted by Gasteiger charge is -2.18. The first-order valence-electron chi connectivity index (χ1n) is 21.5. The molecule has 1 aromatic carbocycles. The summed E-state index contributed by atoms with van der Waals surface area (Å²) in [5.74, 6) is -4.12. The van der Waals surface area contributed by atoms with E-state index in [0.29, 0.717) is 38.9 Å². The molecule has 0 bridgehead atoms. The SMILES string of the molecule is CN(C)C(=O)c1nc2c(nc1C(=O)NCCCCCCN)c1nc(C(=O)N(C)C)c(C(=O)NCCCCCCN)nc1c1nc(C(=O)N(C)C)c(C(=O)NCCCCCCN)nc21. The monoisotopic (exact) mass is 874 g/mol. The van der Waals surface area contributed by atoms with Gasteiger partial charge in [-0.1, -0.05) is 38.5 Å². The molecule has 4 aromatic rings. The van der Waals surface area contributed by atoms with Crippen LogP contribution in [0.4, 0.5) is 0 Å². The normalized spacial score (nSPS) is 11.2. The van der Waals surface area contributed by atoms with Gasteiger partial charge in [-0.15, -0.1) is 0 Å². The van der Waals surface area contributed by atoms with Crippen molar-refractivity contribution in [1.29, 1.82) is 0 Å². The Balaban J connectivity index is 2.10. The summed E-state index contributed by atoms with van der Waals surface area (Å²) in [5.41, 5.74) is 14.1. The van der Waals surface area contributed by atoms with Crippen LogP contribution in [0.3, 0.4) is 0 Å². The van der Waals surface area contributed by atoms with Crippen LogP contribution in [-0.4, -0.2) is 162 Å². The Morgan fingerprint density at radius 2 is 0.556 bits per heavy atom. The average Bonchev–Trinajstić information content (AvgIpc) is 3.27. The van der Waals surface area contributed by atoms with Gasteiger partial charge in [-0.3, -0.25) is 28.8 Å². The lowest BCUT2D eigenvalue weighted by atomic mass is 10.1. The van der Waals surface area contributed by atoms with Crippen LogP contribution in [-0.2, 0) is 0 Å². The third kappa shape index (κ3) is 12.5. The summed E-state index contributed by atoms with van der Waals surface area (Å²) in [6.07, 6.45) is 9.52. The molecular formula is C42H63N15O6. The summed E-state index contributed by atoms with van der Waals surface area (Å²) in [7, 11) is 8.92. The molecular weight excluding hydrogens is 811 g/mol. The molecule has 21 heteroatoms. The van der Waals surface area contributed by atoms with Gasteiger partial charge in [-0.25, -0.2) is 29.9 Å². The average molecular weight is 874 g/mol. The van der Waals surface area contributed by atoms with Crippen molar-refractivity contribution in [1.82, 2.24) is 60.6 Å². The van der Waals surface area contributed by atoms with Crippen molar-refractivity contribution in [3.8, 4) is 0 Å². The van der Waals surface area contributed by atoms with Crippen LogP contribution in [0.1, 0.15) is 140 Å². The molecule has 0 fully saturated rings. The van der Waals surface area contributed by atoms with Crippen LogP contribution < -0.4 is 33.2 Å². The molecule has 0 radical (unpaired) electrons. The van der Waals surface area contributed by atoms with Gasteiger partial charge in [-0.2, -0.15) is 0 Å². The first-order valence-corrected chi connectivity index (χ1v) is 21.5. The Morgan fingerprint density at radius 1 is 0.349 bits per heavy atom. The number of carbonyl (C=O) groups excluding carboxylic acids is 6. The van der Waals surface area contributed by atoms with Crippen LogP contribution in [0.5, 0.6) is 0 Å². The molecule has 21 nitrogen and oxygen atoms in total. The van der Waals surface area contributed by atoms with Crippen molar-refractivity contribution in [2.24, 2.45) is 17.2 Å². The van der Waals surface area contributed by atoms with Crippen molar-refractivity contribution in [3.63, 3.8) is 0 Å². The van der Waals surface area contributed by atoms with E-state index in [2.05, 4.69) is 16.0 Å². The van der Waals surface area contributed by atoms with Crippen molar-refractivity contribution < 1.29 is 28.8 Å². The predicted molar refractivity (Wildman–Crippen MR) is 239 cm³/mol. The maximum absolute atomic E-state index is 13.9.